The summed E-state index contributed by atoms with van der Waals surface area (Å²) in [6.45, 7) is 2.39. The highest BCUT2D eigenvalue weighted by Crippen LogP contribution is 2.33. The molecule has 2 saturated heterocycles. The maximum absolute atomic E-state index is 10.6. The Kier molecular flexibility index (Phi) is 2.54. The average molecular weight is 183 g/mol. The molecule has 2 atom stereocenters. The third-order valence-electron chi connectivity index (χ3n) is 3.42. The van der Waals surface area contributed by atoms with Gasteiger partial charge in [0, 0.05) is 12.5 Å². The molecule has 2 aliphatic heterocycles. The van der Waals surface area contributed by atoms with E-state index in [9.17, 15) is 4.79 Å². The summed E-state index contributed by atoms with van der Waals surface area (Å²) in [7, 11) is 0. The van der Waals surface area contributed by atoms with Crippen LogP contribution in [0.2, 0.25) is 0 Å². The number of hydrogen-bond acceptors (Lipinski definition) is 2. The minimum absolute atomic E-state index is 0.376. The zero-order chi connectivity index (χ0) is 9.26. The molecule has 2 aliphatic rings. The van der Waals surface area contributed by atoms with Gasteiger partial charge in [0.1, 0.15) is 0 Å². The Labute approximate surface area is 78.7 Å². The van der Waals surface area contributed by atoms with E-state index >= 15 is 0 Å². The maximum atomic E-state index is 10.6. The largest absolute Gasteiger partial charge is 0.481 e. The number of hydrogen-bond donors (Lipinski definition) is 1. The van der Waals surface area contributed by atoms with Gasteiger partial charge >= 0.3 is 5.97 Å². The summed E-state index contributed by atoms with van der Waals surface area (Å²) in [4.78, 5) is 13.1. The van der Waals surface area contributed by atoms with E-state index in [-0.39, 0.29) is 0 Å². The van der Waals surface area contributed by atoms with Gasteiger partial charge in [-0.1, -0.05) is 0 Å². The van der Waals surface area contributed by atoms with Crippen LogP contribution < -0.4 is 0 Å². The van der Waals surface area contributed by atoms with Crippen molar-refractivity contribution in [2.45, 2.75) is 38.1 Å². The number of rotatable bonds is 2. The highest BCUT2D eigenvalue weighted by molar-refractivity contribution is 5.67. The number of carbonyl (C=O) groups is 1. The quantitative estimate of drug-likeness (QED) is 0.702. The summed E-state index contributed by atoms with van der Waals surface area (Å²) in [6.07, 6.45) is 5.17. The van der Waals surface area contributed by atoms with Crippen molar-refractivity contribution in [3.63, 3.8) is 0 Å². The number of carboxylic acid groups (broad SMARTS) is 1. The third kappa shape index (κ3) is 1.85. The molecular weight excluding hydrogens is 166 g/mol. The molecule has 3 nitrogen and oxygen atoms in total. The molecule has 74 valence electrons. The molecule has 13 heavy (non-hydrogen) atoms. The average Bonchev–Trinajstić information content (AvgIpc) is 2.51. The first kappa shape index (κ1) is 9.00. The molecule has 0 bridgehead atoms. The fraction of sp³-hybridized carbons (Fsp3) is 0.900. The molecule has 2 heterocycles. The van der Waals surface area contributed by atoms with Gasteiger partial charge < -0.3 is 10.0 Å². The van der Waals surface area contributed by atoms with Crippen molar-refractivity contribution < 1.29 is 9.90 Å². The Hall–Kier alpha value is -0.570. The summed E-state index contributed by atoms with van der Waals surface area (Å²) in [6, 6.07) is 0.588. The van der Waals surface area contributed by atoms with Crippen LogP contribution in [0.3, 0.4) is 0 Å². The van der Waals surface area contributed by atoms with Crippen LogP contribution in [0.25, 0.3) is 0 Å². The molecule has 0 aromatic carbocycles. The van der Waals surface area contributed by atoms with E-state index in [1.807, 2.05) is 0 Å². The van der Waals surface area contributed by atoms with Gasteiger partial charge in [-0.2, -0.15) is 0 Å². The first-order chi connectivity index (χ1) is 6.27. The van der Waals surface area contributed by atoms with E-state index in [1.165, 1.54) is 32.4 Å². The van der Waals surface area contributed by atoms with Gasteiger partial charge in [-0.3, -0.25) is 4.79 Å². The van der Waals surface area contributed by atoms with Crippen LogP contribution in [0.4, 0.5) is 0 Å². The van der Waals surface area contributed by atoms with Crippen LogP contribution in [-0.2, 0) is 4.79 Å². The van der Waals surface area contributed by atoms with Crippen LogP contribution in [0.5, 0.6) is 0 Å². The molecule has 2 fully saturated rings. The molecule has 1 N–H and O–H groups in total. The number of fused-ring (bicyclic) bond motifs is 1. The van der Waals surface area contributed by atoms with Crippen LogP contribution >= 0.6 is 0 Å². The van der Waals surface area contributed by atoms with E-state index in [0.717, 1.165) is 6.42 Å². The topological polar surface area (TPSA) is 40.5 Å². The fourth-order valence-corrected chi connectivity index (χ4v) is 2.87. The number of piperidine rings is 1. The Morgan fingerprint density at radius 2 is 2.00 bits per heavy atom. The summed E-state index contributed by atoms with van der Waals surface area (Å²) in [5.74, 6) is -0.201. The van der Waals surface area contributed by atoms with Crippen LogP contribution in [0, 0.1) is 5.92 Å². The molecule has 3 heteroatoms. The normalized spacial score (nSPS) is 34.5. The fourth-order valence-electron chi connectivity index (χ4n) is 2.87. The van der Waals surface area contributed by atoms with Gasteiger partial charge in [-0.25, -0.2) is 0 Å². The van der Waals surface area contributed by atoms with Crippen molar-refractivity contribution in [2.75, 3.05) is 13.1 Å². The van der Waals surface area contributed by atoms with E-state index in [0.29, 0.717) is 18.4 Å². The van der Waals surface area contributed by atoms with E-state index in [1.54, 1.807) is 0 Å². The third-order valence-corrected chi connectivity index (χ3v) is 3.42. The minimum atomic E-state index is -0.626. The second-order valence-electron chi connectivity index (χ2n) is 4.25. The van der Waals surface area contributed by atoms with E-state index in [4.69, 9.17) is 5.11 Å². The molecular formula is C10H17NO2. The molecule has 0 radical (unpaired) electrons. The first-order valence-corrected chi connectivity index (χ1v) is 5.23. The van der Waals surface area contributed by atoms with Crippen LogP contribution in [0.1, 0.15) is 32.1 Å². The van der Waals surface area contributed by atoms with Gasteiger partial charge in [0.2, 0.25) is 0 Å². The van der Waals surface area contributed by atoms with Crippen molar-refractivity contribution >= 4 is 5.97 Å². The Morgan fingerprint density at radius 1 is 1.31 bits per heavy atom. The zero-order valence-electron chi connectivity index (χ0n) is 7.91. The van der Waals surface area contributed by atoms with Gasteiger partial charge in [0.05, 0.1) is 0 Å². The van der Waals surface area contributed by atoms with Gasteiger partial charge in [-0.05, 0) is 44.7 Å². The maximum Gasteiger partial charge on any atom is 0.303 e. The van der Waals surface area contributed by atoms with Gasteiger partial charge in [0.25, 0.3) is 0 Å². The highest BCUT2D eigenvalue weighted by Gasteiger charge is 2.35. The molecule has 0 aliphatic carbocycles. The molecule has 2 rings (SSSR count). The number of nitrogens with zero attached hydrogens (tertiary/aromatic N) is 1. The lowest BCUT2D eigenvalue weighted by Gasteiger charge is -2.35. The predicted molar refractivity (Wildman–Crippen MR) is 49.6 cm³/mol. The smallest absolute Gasteiger partial charge is 0.303 e. The summed E-state index contributed by atoms with van der Waals surface area (Å²) in [5, 5.41) is 8.77. The van der Waals surface area contributed by atoms with Crippen LogP contribution in [0.15, 0.2) is 0 Å². The summed E-state index contributed by atoms with van der Waals surface area (Å²) < 4.78 is 0. The summed E-state index contributed by atoms with van der Waals surface area (Å²) in [5.41, 5.74) is 0. The first-order valence-electron chi connectivity index (χ1n) is 5.23. The molecule has 0 aromatic rings. The van der Waals surface area contributed by atoms with Crippen LogP contribution in [-0.4, -0.2) is 35.1 Å². The second kappa shape index (κ2) is 3.66. The van der Waals surface area contributed by atoms with Gasteiger partial charge in [-0.15, -0.1) is 0 Å². The van der Waals surface area contributed by atoms with E-state index in [2.05, 4.69) is 4.90 Å². The SMILES string of the molecule is O=C(O)CC1CCCN2CCCC12. The lowest BCUT2D eigenvalue weighted by atomic mass is 9.87. The highest BCUT2D eigenvalue weighted by atomic mass is 16.4. The monoisotopic (exact) mass is 183 g/mol. The molecule has 0 amide bonds. The lowest BCUT2D eigenvalue weighted by molar-refractivity contribution is -0.139. The molecule has 0 spiro atoms. The van der Waals surface area contributed by atoms with E-state index < -0.39 is 5.97 Å². The standard InChI is InChI=1S/C10H17NO2/c12-10(13)7-8-3-1-5-11-6-2-4-9(8)11/h8-9H,1-7H2,(H,12,13). The Balaban J connectivity index is 1.97. The van der Waals surface area contributed by atoms with Crippen molar-refractivity contribution in [3.05, 3.63) is 0 Å². The molecule has 2 unspecified atom stereocenters. The zero-order valence-corrected chi connectivity index (χ0v) is 7.91. The Bertz CT molecular complexity index is 205. The number of carboxylic acids is 1. The second-order valence-corrected chi connectivity index (χ2v) is 4.25. The number of aliphatic carboxylic acids is 1. The minimum Gasteiger partial charge on any atom is -0.481 e. The molecule has 0 aromatic heterocycles. The van der Waals surface area contributed by atoms with Crippen molar-refractivity contribution in [1.29, 1.82) is 0 Å². The lowest BCUT2D eigenvalue weighted by Crippen LogP contribution is -2.41. The molecule has 0 saturated carbocycles. The predicted octanol–water partition coefficient (Wildman–Crippen LogP) is 1.34. The van der Waals surface area contributed by atoms with Crippen molar-refractivity contribution in [3.8, 4) is 0 Å². The summed E-state index contributed by atoms with van der Waals surface area (Å²) >= 11 is 0. The van der Waals surface area contributed by atoms with Crippen molar-refractivity contribution in [1.82, 2.24) is 4.90 Å². The van der Waals surface area contributed by atoms with Crippen molar-refractivity contribution in [2.24, 2.45) is 5.92 Å². The Morgan fingerprint density at radius 3 is 2.69 bits per heavy atom. The van der Waals surface area contributed by atoms with Gasteiger partial charge in [0.15, 0.2) is 0 Å².